The Morgan fingerprint density at radius 1 is 1.31 bits per heavy atom. The molecule has 0 bridgehead atoms. The first-order valence-electron chi connectivity index (χ1n) is 5.56. The van der Waals surface area contributed by atoms with Gasteiger partial charge in [0.25, 0.3) is 0 Å². The fourth-order valence-corrected chi connectivity index (χ4v) is 2.10. The Bertz CT molecular complexity index is 578. The molecular weight excluding hydrogens is 202 g/mol. The molecule has 2 aromatic rings. The lowest BCUT2D eigenvalue weighted by atomic mass is 10.2. The molecule has 2 rings (SSSR count). The van der Waals surface area contributed by atoms with E-state index in [0.29, 0.717) is 12.2 Å². The first-order valence-corrected chi connectivity index (χ1v) is 5.56. The second-order valence-corrected chi connectivity index (χ2v) is 4.24. The molecule has 0 atom stereocenters. The van der Waals surface area contributed by atoms with Gasteiger partial charge in [-0.3, -0.25) is 9.13 Å². The Hall–Kier alpha value is -1.71. The zero-order valence-electron chi connectivity index (χ0n) is 9.90. The lowest BCUT2D eigenvalue weighted by Crippen LogP contribution is -2.24. The third kappa shape index (κ3) is 1.41. The van der Waals surface area contributed by atoms with Gasteiger partial charge in [0.05, 0.1) is 11.0 Å². The van der Waals surface area contributed by atoms with Crippen LogP contribution in [0.1, 0.15) is 26.8 Å². The van der Waals surface area contributed by atoms with E-state index in [9.17, 15) is 4.79 Å². The van der Waals surface area contributed by atoms with E-state index < -0.39 is 0 Å². The van der Waals surface area contributed by atoms with Gasteiger partial charge in [-0.1, -0.05) is 0 Å². The van der Waals surface area contributed by atoms with Crippen molar-refractivity contribution in [2.24, 2.45) is 0 Å². The normalized spacial score (nSPS) is 11.5. The van der Waals surface area contributed by atoms with Crippen LogP contribution in [0, 0.1) is 0 Å². The van der Waals surface area contributed by atoms with Gasteiger partial charge in [0.2, 0.25) is 0 Å². The van der Waals surface area contributed by atoms with Crippen LogP contribution in [-0.2, 0) is 6.54 Å². The van der Waals surface area contributed by atoms with Gasteiger partial charge in [0.15, 0.2) is 0 Å². The highest BCUT2D eigenvalue weighted by atomic mass is 16.1. The molecule has 1 aromatic carbocycles. The molecular formula is C12H17N3O. The molecule has 16 heavy (non-hydrogen) atoms. The zero-order valence-corrected chi connectivity index (χ0v) is 9.90. The number of nitrogens with zero attached hydrogens (tertiary/aromatic N) is 2. The quantitative estimate of drug-likeness (QED) is 0.785. The highest BCUT2D eigenvalue weighted by molar-refractivity contribution is 5.79. The summed E-state index contributed by atoms with van der Waals surface area (Å²) in [6, 6.07) is 5.77. The number of imidazole rings is 1. The Kier molecular flexibility index (Phi) is 2.50. The Morgan fingerprint density at radius 3 is 2.56 bits per heavy atom. The van der Waals surface area contributed by atoms with E-state index in [4.69, 9.17) is 5.73 Å². The average molecular weight is 219 g/mol. The third-order valence-electron chi connectivity index (χ3n) is 2.82. The van der Waals surface area contributed by atoms with Gasteiger partial charge in [-0.25, -0.2) is 4.79 Å². The molecule has 0 spiro atoms. The molecule has 1 heterocycles. The first kappa shape index (κ1) is 10.8. The highest BCUT2D eigenvalue weighted by Gasteiger charge is 2.13. The summed E-state index contributed by atoms with van der Waals surface area (Å²) in [5.74, 6) is 0. The number of fused-ring (bicyclic) bond motifs is 1. The van der Waals surface area contributed by atoms with Crippen molar-refractivity contribution in [1.29, 1.82) is 0 Å². The summed E-state index contributed by atoms with van der Waals surface area (Å²) in [5, 5.41) is 0. The van der Waals surface area contributed by atoms with Crippen LogP contribution in [0.2, 0.25) is 0 Å². The molecule has 4 nitrogen and oxygen atoms in total. The number of rotatable bonds is 2. The van der Waals surface area contributed by atoms with Crippen molar-refractivity contribution in [3.63, 3.8) is 0 Å². The van der Waals surface area contributed by atoms with E-state index in [1.807, 2.05) is 39.0 Å². The van der Waals surface area contributed by atoms with Crippen molar-refractivity contribution in [3.8, 4) is 0 Å². The minimum atomic E-state index is 0.0399. The lowest BCUT2D eigenvalue weighted by molar-refractivity contribution is 0.571. The first-order chi connectivity index (χ1) is 7.56. The van der Waals surface area contributed by atoms with Gasteiger partial charge in [-0.2, -0.15) is 0 Å². The summed E-state index contributed by atoms with van der Waals surface area (Å²) in [6.07, 6.45) is 0. The van der Waals surface area contributed by atoms with E-state index in [0.717, 1.165) is 11.0 Å². The van der Waals surface area contributed by atoms with E-state index in [1.54, 1.807) is 9.13 Å². The van der Waals surface area contributed by atoms with Crippen molar-refractivity contribution in [1.82, 2.24) is 9.13 Å². The standard InChI is InChI=1S/C12H17N3O/c1-4-14-11-7-9(13)5-6-10(11)15(8(2)3)12(14)16/h5-8H,4,13H2,1-3H3. The van der Waals surface area contributed by atoms with Gasteiger partial charge in [-0.15, -0.1) is 0 Å². The summed E-state index contributed by atoms with van der Waals surface area (Å²) < 4.78 is 3.56. The SMILES string of the molecule is CCn1c(=O)n(C(C)C)c2ccc(N)cc21. The summed E-state index contributed by atoms with van der Waals surface area (Å²) in [6.45, 7) is 6.65. The van der Waals surface area contributed by atoms with E-state index in [1.165, 1.54) is 0 Å². The van der Waals surface area contributed by atoms with Gasteiger partial charge < -0.3 is 5.73 Å². The van der Waals surface area contributed by atoms with Gasteiger partial charge >= 0.3 is 5.69 Å². The molecule has 0 saturated carbocycles. The fraction of sp³-hybridized carbons (Fsp3) is 0.417. The topological polar surface area (TPSA) is 53.0 Å². The number of hydrogen-bond acceptors (Lipinski definition) is 2. The maximum atomic E-state index is 12.2. The molecule has 0 aliphatic rings. The zero-order chi connectivity index (χ0) is 11.9. The van der Waals surface area contributed by atoms with Crippen molar-refractivity contribution in [2.45, 2.75) is 33.4 Å². The molecule has 1 aromatic heterocycles. The van der Waals surface area contributed by atoms with E-state index in [2.05, 4.69) is 0 Å². The van der Waals surface area contributed by atoms with Crippen LogP contribution in [-0.4, -0.2) is 9.13 Å². The molecule has 0 fully saturated rings. The van der Waals surface area contributed by atoms with Crippen molar-refractivity contribution >= 4 is 16.7 Å². The number of nitrogen functional groups attached to an aromatic ring is 1. The Balaban J connectivity index is 2.92. The second kappa shape index (κ2) is 3.70. The number of nitrogens with two attached hydrogens (primary N) is 1. The smallest absolute Gasteiger partial charge is 0.329 e. The molecule has 0 aliphatic carbocycles. The van der Waals surface area contributed by atoms with Crippen LogP contribution >= 0.6 is 0 Å². The van der Waals surface area contributed by atoms with Gasteiger partial charge in [0.1, 0.15) is 0 Å². The minimum absolute atomic E-state index is 0.0399. The average Bonchev–Trinajstić information content (AvgIpc) is 2.49. The summed E-state index contributed by atoms with van der Waals surface area (Å²) in [5.41, 5.74) is 8.36. The largest absolute Gasteiger partial charge is 0.399 e. The Morgan fingerprint density at radius 2 is 2.00 bits per heavy atom. The van der Waals surface area contributed by atoms with Crippen LogP contribution in [0.5, 0.6) is 0 Å². The number of aromatic nitrogens is 2. The molecule has 4 heteroatoms. The van der Waals surface area contributed by atoms with E-state index in [-0.39, 0.29) is 11.7 Å². The van der Waals surface area contributed by atoms with Gasteiger partial charge in [-0.05, 0) is 39.0 Å². The molecule has 86 valence electrons. The number of benzene rings is 1. The van der Waals surface area contributed by atoms with Gasteiger partial charge in [0, 0.05) is 18.3 Å². The molecule has 0 unspecified atom stereocenters. The van der Waals surface area contributed by atoms with Crippen LogP contribution in [0.3, 0.4) is 0 Å². The number of anilines is 1. The van der Waals surface area contributed by atoms with Crippen LogP contribution in [0.4, 0.5) is 5.69 Å². The van der Waals surface area contributed by atoms with Crippen LogP contribution in [0.25, 0.3) is 11.0 Å². The molecule has 2 N–H and O–H groups in total. The molecule has 0 saturated heterocycles. The second-order valence-electron chi connectivity index (χ2n) is 4.24. The fourth-order valence-electron chi connectivity index (χ4n) is 2.10. The summed E-state index contributed by atoms with van der Waals surface area (Å²) in [7, 11) is 0. The predicted octanol–water partition coefficient (Wildman–Crippen LogP) is 1.99. The number of aryl methyl sites for hydroxylation is 1. The van der Waals surface area contributed by atoms with Crippen molar-refractivity contribution in [3.05, 3.63) is 28.7 Å². The third-order valence-corrected chi connectivity index (χ3v) is 2.82. The van der Waals surface area contributed by atoms with Crippen LogP contribution < -0.4 is 11.4 Å². The number of hydrogen-bond donors (Lipinski definition) is 1. The lowest BCUT2D eigenvalue weighted by Gasteiger charge is -2.06. The molecule has 0 radical (unpaired) electrons. The Labute approximate surface area is 94.3 Å². The van der Waals surface area contributed by atoms with Crippen molar-refractivity contribution in [2.75, 3.05) is 5.73 Å². The monoisotopic (exact) mass is 219 g/mol. The highest BCUT2D eigenvalue weighted by Crippen LogP contribution is 2.19. The summed E-state index contributed by atoms with van der Waals surface area (Å²) in [4.78, 5) is 12.2. The molecule has 0 amide bonds. The maximum Gasteiger partial charge on any atom is 0.329 e. The van der Waals surface area contributed by atoms with Crippen LogP contribution in [0.15, 0.2) is 23.0 Å². The minimum Gasteiger partial charge on any atom is -0.399 e. The van der Waals surface area contributed by atoms with Crippen molar-refractivity contribution < 1.29 is 0 Å². The molecule has 0 aliphatic heterocycles. The maximum absolute atomic E-state index is 12.2. The van der Waals surface area contributed by atoms with E-state index >= 15 is 0 Å². The summed E-state index contributed by atoms with van der Waals surface area (Å²) >= 11 is 0. The predicted molar refractivity (Wildman–Crippen MR) is 66.7 cm³/mol.